The molecule has 0 bridgehead atoms. The molecule has 1 aliphatic rings. The Balaban J connectivity index is 1.72. The number of aliphatic imine (C=N–C) groups is 1. The molecule has 3 rings (SSSR count). The van der Waals surface area contributed by atoms with E-state index in [4.69, 9.17) is 23.2 Å². The van der Waals surface area contributed by atoms with Crippen molar-refractivity contribution in [1.29, 1.82) is 0 Å². The number of carbonyl (C=O) groups excluding carboxylic acids is 2. The number of carboxylic acid groups (broad SMARTS) is 1. The van der Waals surface area contributed by atoms with E-state index in [0.717, 1.165) is 12.1 Å². The quantitative estimate of drug-likeness (QED) is 0.193. The van der Waals surface area contributed by atoms with Gasteiger partial charge in [-0.3, -0.25) is 24.5 Å². The molecule has 2 aromatic rings. The van der Waals surface area contributed by atoms with E-state index in [9.17, 15) is 39.1 Å². The number of nitro groups is 1. The third-order valence-electron chi connectivity index (χ3n) is 5.15. The van der Waals surface area contributed by atoms with E-state index < -0.39 is 59.3 Å². The van der Waals surface area contributed by atoms with Crippen molar-refractivity contribution in [2.45, 2.75) is 18.6 Å². The molecule has 0 aromatic heterocycles. The van der Waals surface area contributed by atoms with Crippen molar-refractivity contribution in [3.63, 3.8) is 0 Å². The third kappa shape index (κ3) is 7.66. The molecule has 0 saturated heterocycles. The maximum absolute atomic E-state index is 13.3. The average molecular weight is 571 g/mol. The minimum Gasteiger partial charge on any atom is -0.506 e. The SMILES string of the molecule is O=C(O)C[C@H](NC(=O)CNC(=O)c1cc(NC2=NCC(F)CN2)cc([N+](=O)[O-])c1)c1cc(Cl)cc(Cl)c1O. The van der Waals surface area contributed by atoms with Crippen LogP contribution >= 0.6 is 23.2 Å². The Morgan fingerprint density at radius 1 is 1.24 bits per heavy atom. The Hall–Kier alpha value is -4.17. The Bertz CT molecular complexity index is 1310. The summed E-state index contributed by atoms with van der Waals surface area (Å²) in [6.07, 6.45) is -1.81. The Morgan fingerprint density at radius 2 is 1.97 bits per heavy atom. The Labute approximate surface area is 224 Å². The van der Waals surface area contributed by atoms with Gasteiger partial charge in [-0.1, -0.05) is 23.2 Å². The van der Waals surface area contributed by atoms with Crippen LogP contribution in [-0.2, 0) is 9.59 Å². The number of phenols is 1. The molecule has 13 nitrogen and oxygen atoms in total. The molecule has 202 valence electrons. The summed E-state index contributed by atoms with van der Waals surface area (Å²) in [6.45, 7) is -0.748. The summed E-state index contributed by atoms with van der Waals surface area (Å²) in [7, 11) is 0. The molecule has 0 spiro atoms. The van der Waals surface area contributed by atoms with Crippen LogP contribution in [0.2, 0.25) is 10.0 Å². The molecule has 1 heterocycles. The molecule has 0 fully saturated rings. The monoisotopic (exact) mass is 570 g/mol. The maximum Gasteiger partial charge on any atom is 0.305 e. The van der Waals surface area contributed by atoms with E-state index >= 15 is 0 Å². The van der Waals surface area contributed by atoms with Crippen molar-refractivity contribution in [2.24, 2.45) is 4.99 Å². The highest BCUT2D eigenvalue weighted by molar-refractivity contribution is 6.35. The van der Waals surface area contributed by atoms with Crippen LogP contribution in [0.3, 0.4) is 0 Å². The summed E-state index contributed by atoms with van der Waals surface area (Å²) in [4.78, 5) is 51.1. The summed E-state index contributed by atoms with van der Waals surface area (Å²) in [5, 5.41) is 40.8. The van der Waals surface area contributed by atoms with E-state index in [2.05, 4.69) is 26.3 Å². The number of non-ortho nitro benzene ring substituents is 1. The topological polar surface area (TPSA) is 195 Å². The summed E-state index contributed by atoms with van der Waals surface area (Å²) in [5.41, 5.74) is -0.528. The standard InChI is InChI=1S/C22H21Cl2FN6O7/c23-11-3-15(20(35)16(24)4-11)17(6-19(33)34)30-18(32)9-26-21(36)10-1-13(5-14(2-10)31(37)38)29-22-27-7-12(25)8-28-22/h1-5,12,17,35H,6-9H2,(H,26,36)(H,30,32)(H,33,34)(H2,27,28,29)/t17-/m0/s1. The van der Waals surface area contributed by atoms with Gasteiger partial charge in [-0.05, 0) is 18.2 Å². The van der Waals surface area contributed by atoms with Gasteiger partial charge in [-0.2, -0.15) is 0 Å². The molecule has 1 unspecified atom stereocenters. The van der Waals surface area contributed by atoms with Gasteiger partial charge in [-0.25, -0.2) is 9.38 Å². The minimum atomic E-state index is -1.30. The second kappa shape index (κ2) is 12.4. The fourth-order valence-corrected chi connectivity index (χ4v) is 3.94. The molecule has 0 saturated carbocycles. The number of aromatic hydroxyl groups is 1. The number of carboxylic acids is 1. The first-order chi connectivity index (χ1) is 17.9. The van der Waals surface area contributed by atoms with E-state index in [1.807, 2.05) is 0 Å². The number of rotatable bonds is 9. The number of phenolic OH excluding ortho intramolecular Hbond substituents is 1. The molecule has 2 atom stereocenters. The summed E-state index contributed by atoms with van der Waals surface area (Å²) >= 11 is 11.8. The largest absolute Gasteiger partial charge is 0.506 e. The number of carbonyl (C=O) groups is 3. The van der Waals surface area contributed by atoms with E-state index in [1.54, 1.807) is 0 Å². The number of nitrogens with one attached hydrogen (secondary N) is 4. The van der Waals surface area contributed by atoms with Gasteiger partial charge in [0.15, 0.2) is 5.96 Å². The zero-order valence-electron chi connectivity index (χ0n) is 19.3. The fraction of sp³-hybridized carbons (Fsp3) is 0.273. The van der Waals surface area contributed by atoms with E-state index in [1.165, 1.54) is 18.2 Å². The Morgan fingerprint density at radius 3 is 2.61 bits per heavy atom. The van der Waals surface area contributed by atoms with Gasteiger partial charge in [0, 0.05) is 34.0 Å². The Kier molecular flexibility index (Phi) is 9.25. The van der Waals surface area contributed by atoms with E-state index in [0.29, 0.717) is 0 Å². The molecule has 0 radical (unpaired) electrons. The highest BCUT2D eigenvalue weighted by Crippen LogP contribution is 2.36. The van der Waals surface area contributed by atoms with Gasteiger partial charge in [-0.15, -0.1) is 0 Å². The molecule has 1 aliphatic heterocycles. The summed E-state index contributed by atoms with van der Waals surface area (Å²) in [5.74, 6) is -3.28. The second-order valence-corrected chi connectivity index (χ2v) is 8.89. The molecule has 2 amide bonds. The van der Waals surface area contributed by atoms with Crippen LogP contribution in [0.1, 0.15) is 28.4 Å². The van der Waals surface area contributed by atoms with Crippen LogP contribution in [-0.4, -0.2) is 64.7 Å². The molecule has 2 aromatic carbocycles. The predicted octanol–water partition coefficient (Wildman–Crippen LogP) is 2.38. The molecular formula is C22H21Cl2FN6O7. The van der Waals surface area contributed by atoms with Crippen LogP contribution in [0.4, 0.5) is 15.8 Å². The second-order valence-electron chi connectivity index (χ2n) is 8.04. The van der Waals surface area contributed by atoms with Gasteiger partial charge < -0.3 is 31.5 Å². The molecule has 0 aliphatic carbocycles. The number of nitro benzene ring substituents is 1. The van der Waals surface area contributed by atoms with Crippen LogP contribution in [0.25, 0.3) is 0 Å². The van der Waals surface area contributed by atoms with Crippen molar-refractivity contribution < 1.29 is 33.9 Å². The number of alkyl halides is 1. The van der Waals surface area contributed by atoms with Crippen LogP contribution in [0, 0.1) is 10.1 Å². The van der Waals surface area contributed by atoms with Crippen LogP contribution in [0.15, 0.2) is 35.3 Å². The third-order valence-corrected chi connectivity index (χ3v) is 5.65. The van der Waals surface area contributed by atoms with Crippen molar-refractivity contribution in [3.05, 3.63) is 61.6 Å². The van der Waals surface area contributed by atoms with Crippen molar-refractivity contribution in [2.75, 3.05) is 25.0 Å². The molecule has 38 heavy (non-hydrogen) atoms. The maximum atomic E-state index is 13.3. The first-order valence-corrected chi connectivity index (χ1v) is 11.6. The van der Waals surface area contributed by atoms with Crippen molar-refractivity contribution in [1.82, 2.24) is 16.0 Å². The number of anilines is 1. The van der Waals surface area contributed by atoms with Gasteiger partial charge >= 0.3 is 5.97 Å². The minimum absolute atomic E-state index is 0.00868. The number of hydrogen-bond acceptors (Lipinski definition) is 9. The number of guanidine groups is 1. The predicted molar refractivity (Wildman–Crippen MR) is 136 cm³/mol. The number of amides is 2. The van der Waals surface area contributed by atoms with Crippen LogP contribution < -0.4 is 21.3 Å². The average Bonchev–Trinajstić information content (AvgIpc) is 2.85. The number of aliphatic carboxylic acids is 1. The summed E-state index contributed by atoms with van der Waals surface area (Å²) < 4.78 is 13.3. The van der Waals surface area contributed by atoms with Gasteiger partial charge in [0.05, 0.1) is 42.0 Å². The zero-order chi connectivity index (χ0) is 28.0. The lowest BCUT2D eigenvalue weighted by atomic mass is 10.0. The number of benzene rings is 2. The highest BCUT2D eigenvalue weighted by atomic mass is 35.5. The van der Waals surface area contributed by atoms with Gasteiger partial charge in [0.2, 0.25) is 5.91 Å². The lowest BCUT2D eigenvalue weighted by molar-refractivity contribution is -0.384. The van der Waals surface area contributed by atoms with Crippen LogP contribution in [0.5, 0.6) is 5.75 Å². The molecule has 16 heteroatoms. The number of hydrogen-bond donors (Lipinski definition) is 6. The lowest BCUT2D eigenvalue weighted by Crippen LogP contribution is -2.41. The first-order valence-electron chi connectivity index (χ1n) is 10.9. The first kappa shape index (κ1) is 28.4. The smallest absolute Gasteiger partial charge is 0.305 e. The van der Waals surface area contributed by atoms with Crippen molar-refractivity contribution >= 4 is 58.3 Å². The lowest BCUT2D eigenvalue weighted by Gasteiger charge is -2.20. The number of halogens is 3. The van der Waals surface area contributed by atoms with E-state index in [-0.39, 0.29) is 45.9 Å². The molecular weight excluding hydrogens is 550 g/mol. The highest BCUT2D eigenvalue weighted by Gasteiger charge is 2.24. The van der Waals surface area contributed by atoms with Gasteiger partial charge in [0.25, 0.3) is 11.6 Å². The fourth-order valence-electron chi connectivity index (χ4n) is 3.43. The summed E-state index contributed by atoms with van der Waals surface area (Å²) in [6, 6.07) is 4.64. The normalized spacial score (nSPS) is 15.4. The van der Waals surface area contributed by atoms with Gasteiger partial charge in [0.1, 0.15) is 11.9 Å². The van der Waals surface area contributed by atoms with Crippen molar-refractivity contribution in [3.8, 4) is 5.75 Å². The zero-order valence-corrected chi connectivity index (χ0v) is 20.8. The number of nitrogens with zero attached hydrogens (tertiary/aromatic N) is 2. The molecule has 6 N–H and O–H groups in total.